The molecular weight excluding hydrogens is 202 g/mol. The van der Waals surface area contributed by atoms with Crippen LogP contribution in [0, 0.1) is 17.8 Å². The largest absolute Gasteiger partial charge is 0.350 e. The van der Waals surface area contributed by atoms with Gasteiger partial charge < -0.3 is 5.32 Å². The Kier molecular flexibility index (Phi) is 4.52. The molecule has 0 aliphatic carbocycles. The van der Waals surface area contributed by atoms with Gasteiger partial charge in [-0.2, -0.15) is 5.10 Å². The van der Waals surface area contributed by atoms with Crippen LogP contribution in [0.4, 0.5) is 0 Å². The van der Waals surface area contributed by atoms with Crippen molar-refractivity contribution in [1.29, 1.82) is 0 Å². The standard InChI is InChI=1S/C12H21N3O/c1-8(2)10(9(3)4)7-13-12(16)11-5-6-14-15-11/h5-6,8-10H,7H2,1-4H3,(H,13,16)(H,14,15). The zero-order valence-electron chi connectivity index (χ0n) is 10.4. The van der Waals surface area contributed by atoms with Crippen LogP contribution >= 0.6 is 0 Å². The van der Waals surface area contributed by atoms with E-state index in [4.69, 9.17) is 0 Å². The molecule has 1 aromatic heterocycles. The van der Waals surface area contributed by atoms with Crippen LogP contribution in [-0.2, 0) is 0 Å². The summed E-state index contributed by atoms with van der Waals surface area (Å²) in [4.78, 5) is 11.7. The van der Waals surface area contributed by atoms with E-state index in [9.17, 15) is 4.79 Å². The summed E-state index contributed by atoms with van der Waals surface area (Å²) >= 11 is 0. The SMILES string of the molecule is CC(C)C(CNC(=O)c1ccn[nH]1)C(C)C. The molecule has 1 amide bonds. The number of hydrogen-bond acceptors (Lipinski definition) is 2. The van der Waals surface area contributed by atoms with Crippen molar-refractivity contribution in [2.45, 2.75) is 27.7 Å². The molecule has 4 nitrogen and oxygen atoms in total. The quantitative estimate of drug-likeness (QED) is 0.802. The summed E-state index contributed by atoms with van der Waals surface area (Å²) in [5.41, 5.74) is 0.520. The highest BCUT2D eigenvalue weighted by molar-refractivity contribution is 5.92. The number of aromatic amines is 1. The second kappa shape index (κ2) is 5.68. The summed E-state index contributed by atoms with van der Waals surface area (Å²) < 4.78 is 0. The van der Waals surface area contributed by atoms with E-state index in [0.29, 0.717) is 30.0 Å². The van der Waals surface area contributed by atoms with E-state index in [1.807, 2.05) is 0 Å². The van der Waals surface area contributed by atoms with Gasteiger partial charge in [-0.05, 0) is 23.8 Å². The van der Waals surface area contributed by atoms with Crippen LogP contribution in [0.15, 0.2) is 12.3 Å². The van der Waals surface area contributed by atoms with Crippen LogP contribution in [-0.4, -0.2) is 22.6 Å². The average molecular weight is 223 g/mol. The van der Waals surface area contributed by atoms with Gasteiger partial charge in [-0.1, -0.05) is 27.7 Å². The summed E-state index contributed by atoms with van der Waals surface area (Å²) in [5, 5.41) is 9.35. The normalized spacial score (nSPS) is 11.4. The van der Waals surface area contributed by atoms with Gasteiger partial charge in [0.1, 0.15) is 5.69 Å². The summed E-state index contributed by atoms with van der Waals surface area (Å²) in [6.45, 7) is 9.47. The molecule has 16 heavy (non-hydrogen) atoms. The van der Waals surface area contributed by atoms with Gasteiger partial charge in [0.2, 0.25) is 0 Å². The lowest BCUT2D eigenvalue weighted by atomic mass is 9.85. The molecule has 0 fully saturated rings. The topological polar surface area (TPSA) is 57.8 Å². The molecule has 4 heteroatoms. The first-order valence-electron chi connectivity index (χ1n) is 5.80. The Morgan fingerprint density at radius 1 is 1.38 bits per heavy atom. The molecule has 0 aromatic carbocycles. The van der Waals surface area contributed by atoms with Gasteiger partial charge in [0.25, 0.3) is 5.91 Å². The lowest BCUT2D eigenvalue weighted by molar-refractivity contribution is 0.0932. The van der Waals surface area contributed by atoms with Gasteiger partial charge in [-0.15, -0.1) is 0 Å². The fourth-order valence-corrected chi connectivity index (χ4v) is 1.93. The number of aromatic nitrogens is 2. The van der Waals surface area contributed by atoms with E-state index in [2.05, 4.69) is 43.2 Å². The minimum absolute atomic E-state index is 0.0798. The molecule has 0 radical (unpaired) electrons. The first-order valence-corrected chi connectivity index (χ1v) is 5.80. The molecule has 0 saturated heterocycles. The van der Waals surface area contributed by atoms with E-state index >= 15 is 0 Å². The third-order valence-electron chi connectivity index (χ3n) is 2.96. The molecule has 1 rings (SSSR count). The number of hydrogen-bond donors (Lipinski definition) is 2. The smallest absolute Gasteiger partial charge is 0.269 e. The monoisotopic (exact) mass is 223 g/mol. The molecule has 0 aliphatic heterocycles. The van der Waals surface area contributed by atoms with Gasteiger partial charge in [0.05, 0.1) is 0 Å². The number of carbonyl (C=O) groups is 1. The van der Waals surface area contributed by atoms with Crippen molar-refractivity contribution in [3.63, 3.8) is 0 Å². The van der Waals surface area contributed by atoms with Gasteiger partial charge in [-0.25, -0.2) is 0 Å². The average Bonchev–Trinajstić information content (AvgIpc) is 2.69. The van der Waals surface area contributed by atoms with Gasteiger partial charge >= 0.3 is 0 Å². The van der Waals surface area contributed by atoms with Gasteiger partial charge in [-0.3, -0.25) is 9.89 Å². The number of amides is 1. The molecular formula is C12H21N3O. The Morgan fingerprint density at radius 2 is 2.00 bits per heavy atom. The Balaban J connectivity index is 2.47. The van der Waals surface area contributed by atoms with E-state index in [0.717, 1.165) is 0 Å². The summed E-state index contributed by atoms with van der Waals surface area (Å²) in [6.07, 6.45) is 1.58. The third kappa shape index (κ3) is 3.36. The van der Waals surface area contributed by atoms with Crippen LogP contribution in [0.1, 0.15) is 38.2 Å². The van der Waals surface area contributed by atoms with Gasteiger partial charge in [0.15, 0.2) is 0 Å². The van der Waals surface area contributed by atoms with Crippen molar-refractivity contribution in [3.8, 4) is 0 Å². The highest BCUT2D eigenvalue weighted by Crippen LogP contribution is 2.19. The van der Waals surface area contributed by atoms with Crippen molar-refractivity contribution in [2.24, 2.45) is 17.8 Å². The second-order valence-corrected chi connectivity index (χ2v) is 4.83. The van der Waals surface area contributed by atoms with Crippen molar-refractivity contribution in [2.75, 3.05) is 6.54 Å². The maximum Gasteiger partial charge on any atom is 0.269 e. The van der Waals surface area contributed by atoms with Crippen molar-refractivity contribution in [1.82, 2.24) is 15.5 Å². The molecule has 1 aromatic rings. The summed E-state index contributed by atoms with van der Waals surface area (Å²) in [6, 6.07) is 1.68. The highest BCUT2D eigenvalue weighted by atomic mass is 16.1. The Hall–Kier alpha value is -1.32. The fraction of sp³-hybridized carbons (Fsp3) is 0.667. The molecule has 0 bridgehead atoms. The molecule has 0 saturated carbocycles. The van der Waals surface area contributed by atoms with Crippen LogP contribution in [0.25, 0.3) is 0 Å². The maximum absolute atomic E-state index is 11.7. The molecule has 0 unspecified atom stereocenters. The lowest BCUT2D eigenvalue weighted by Gasteiger charge is -2.24. The van der Waals surface area contributed by atoms with Gasteiger partial charge in [0, 0.05) is 12.7 Å². The predicted octanol–water partition coefficient (Wildman–Crippen LogP) is 2.07. The third-order valence-corrected chi connectivity index (χ3v) is 2.96. The molecule has 0 spiro atoms. The Morgan fingerprint density at radius 3 is 2.44 bits per heavy atom. The zero-order valence-corrected chi connectivity index (χ0v) is 10.4. The van der Waals surface area contributed by atoms with Crippen molar-refractivity contribution < 1.29 is 4.79 Å². The minimum Gasteiger partial charge on any atom is -0.350 e. The van der Waals surface area contributed by atoms with Crippen LogP contribution < -0.4 is 5.32 Å². The van der Waals surface area contributed by atoms with Crippen LogP contribution in [0.3, 0.4) is 0 Å². The van der Waals surface area contributed by atoms with E-state index in [1.54, 1.807) is 12.3 Å². The fourth-order valence-electron chi connectivity index (χ4n) is 1.93. The van der Waals surface area contributed by atoms with E-state index in [1.165, 1.54) is 0 Å². The first-order chi connectivity index (χ1) is 7.52. The number of nitrogens with one attached hydrogen (secondary N) is 2. The minimum atomic E-state index is -0.0798. The Bertz CT molecular complexity index is 309. The maximum atomic E-state index is 11.7. The number of carbonyl (C=O) groups excluding carboxylic acids is 1. The molecule has 0 aliphatic rings. The highest BCUT2D eigenvalue weighted by Gasteiger charge is 2.18. The van der Waals surface area contributed by atoms with E-state index in [-0.39, 0.29) is 5.91 Å². The van der Waals surface area contributed by atoms with Crippen LogP contribution in [0.2, 0.25) is 0 Å². The van der Waals surface area contributed by atoms with Crippen molar-refractivity contribution in [3.05, 3.63) is 18.0 Å². The zero-order chi connectivity index (χ0) is 12.1. The number of nitrogens with zero attached hydrogens (tertiary/aromatic N) is 1. The lowest BCUT2D eigenvalue weighted by Crippen LogP contribution is -2.34. The summed E-state index contributed by atoms with van der Waals surface area (Å²) in [5.74, 6) is 1.57. The Labute approximate surface area is 96.8 Å². The second-order valence-electron chi connectivity index (χ2n) is 4.83. The van der Waals surface area contributed by atoms with Crippen molar-refractivity contribution >= 4 is 5.91 Å². The summed E-state index contributed by atoms with van der Waals surface area (Å²) in [7, 11) is 0. The predicted molar refractivity (Wildman–Crippen MR) is 64.1 cm³/mol. The molecule has 0 atom stereocenters. The first kappa shape index (κ1) is 12.7. The molecule has 2 N–H and O–H groups in total. The number of rotatable bonds is 5. The molecule has 90 valence electrons. The van der Waals surface area contributed by atoms with E-state index < -0.39 is 0 Å². The number of H-pyrrole nitrogens is 1. The molecule has 1 heterocycles. The van der Waals surface area contributed by atoms with Crippen LogP contribution in [0.5, 0.6) is 0 Å².